The second-order valence-corrected chi connectivity index (χ2v) is 33.6. The van der Waals surface area contributed by atoms with E-state index < -0.39 is 91.5 Å². The van der Waals surface area contributed by atoms with Crippen LogP contribution >= 0.6 is 15.6 Å². The van der Waals surface area contributed by atoms with Crippen LogP contribution in [0, 0.1) is 0 Å². The summed E-state index contributed by atoms with van der Waals surface area (Å²) in [6.07, 6.45) is 122. The maximum Gasteiger partial charge on any atom is 0.472 e. The summed E-state index contributed by atoms with van der Waals surface area (Å²) in [7, 11) is -9.83. The molecule has 0 aromatic heterocycles. The molecule has 0 fully saturated rings. The predicted molar refractivity (Wildman–Crippen MR) is 500 cm³/mol. The van der Waals surface area contributed by atoms with Crippen LogP contribution in [0.25, 0.3) is 0 Å². The van der Waals surface area contributed by atoms with Gasteiger partial charge in [0.15, 0.2) is 6.10 Å². The number of ether oxygens (including phenoxy) is 3. The number of esters is 3. The number of aliphatic hydroxyl groups is 2. The second-order valence-electron chi connectivity index (χ2n) is 30.7. The number of hydrogen-bond acceptors (Lipinski definition) is 14. The third-order valence-corrected chi connectivity index (χ3v) is 21.2. The molecule has 0 aliphatic carbocycles. The van der Waals surface area contributed by atoms with Gasteiger partial charge in [-0.05, 0) is 154 Å². The van der Waals surface area contributed by atoms with Crippen LogP contribution in [-0.2, 0) is 55.8 Å². The first kappa shape index (κ1) is 113. The fourth-order valence-electron chi connectivity index (χ4n) is 12.3. The van der Waals surface area contributed by atoms with Gasteiger partial charge in [-0.3, -0.25) is 32.5 Å². The quantitative estimate of drug-likeness (QED) is 0.0146. The largest absolute Gasteiger partial charge is 0.472 e. The van der Waals surface area contributed by atoms with E-state index in [1.807, 2.05) is 12.2 Å². The van der Waals surface area contributed by atoms with Gasteiger partial charge in [0.25, 0.3) is 0 Å². The molecule has 678 valence electrons. The van der Waals surface area contributed by atoms with Crippen molar-refractivity contribution >= 4 is 33.6 Å². The molecule has 0 aromatic rings. The zero-order valence-electron chi connectivity index (χ0n) is 74.7. The topological polar surface area (TPSA) is 231 Å². The minimum atomic E-state index is -4.96. The molecule has 0 aromatic carbocycles. The highest BCUT2D eigenvalue weighted by molar-refractivity contribution is 7.47. The molecule has 16 nitrogen and oxygen atoms in total. The maximum absolute atomic E-state index is 13.0. The van der Waals surface area contributed by atoms with E-state index in [0.717, 1.165) is 148 Å². The lowest BCUT2D eigenvalue weighted by Crippen LogP contribution is -2.30. The summed E-state index contributed by atoms with van der Waals surface area (Å²) < 4.78 is 61.4. The summed E-state index contributed by atoms with van der Waals surface area (Å²) in [5, 5.41) is 20.7. The molecule has 0 aliphatic rings. The van der Waals surface area contributed by atoms with Crippen molar-refractivity contribution in [2.45, 2.75) is 386 Å². The van der Waals surface area contributed by atoms with Crippen LogP contribution in [0.15, 0.2) is 194 Å². The molecule has 18 heteroatoms. The average Bonchev–Trinajstić information content (AvgIpc) is 0.902. The fraction of sp³-hybridized carbons (Fsp3) is 0.653. The first-order chi connectivity index (χ1) is 58.2. The molecule has 0 saturated carbocycles. The Labute approximate surface area is 725 Å². The van der Waals surface area contributed by atoms with Crippen LogP contribution in [0.2, 0.25) is 0 Å². The number of unbranched alkanes of at least 4 members (excludes halogenated alkanes) is 32. The number of allylic oxidation sites excluding steroid dienone is 32. The monoisotopic (exact) mass is 1700 g/mol. The van der Waals surface area contributed by atoms with E-state index >= 15 is 0 Å². The molecule has 4 N–H and O–H groups in total. The van der Waals surface area contributed by atoms with Crippen molar-refractivity contribution < 1.29 is 75.8 Å². The normalized spacial score (nSPS) is 14.6. The van der Waals surface area contributed by atoms with Gasteiger partial charge in [0.2, 0.25) is 0 Å². The summed E-state index contributed by atoms with van der Waals surface area (Å²) in [6, 6.07) is 0. The van der Waals surface area contributed by atoms with Gasteiger partial charge in [-0.15, -0.1) is 0 Å². The minimum absolute atomic E-state index is 0.0221. The van der Waals surface area contributed by atoms with Crippen molar-refractivity contribution in [3.63, 3.8) is 0 Å². The summed E-state index contributed by atoms with van der Waals surface area (Å²) in [5.74, 6) is -1.64. The Morgan fingerprint density at radius 2 is 0.429 bits per heavy atom. The number of carbonyl (C=O) groups is 3. The number of hydrogen-bond donors (Lipinski definition) is 4. The smallest absolute Gasteiger partial charge is 0.463 e. The van der Waals surface area contributed by atoms with E-state index in [4.69, 9.17) is 32.3 Å². The molecule has 0 saturated heterocycles. The van der Waals surface area contributed by atoms with Gasteiger partial charge >= 0.3 is 33.6 Å². The van der Waals surface area contributed by atoms with Crippen LogP contribution in [0.5, 0.6) is 0 Å². The van der Waals surface area contributed by atoms with Crippen LogP contribution in [0.4, 0.5) is 0 Å². The van der Waals surface area contributed by atoms with Gasteiger partial charge in [0.05, 0.1) is 26.4 Å². The Bertz CT molecular complexity index is 2940. The highest BCUT2D eigenvalue weighted by atomic mass is 31.2. The van der Waals surface area contributed by atoms with E-state index in [-0.39, 0.29) is 19.3 Å². The van der Waals surface area contributed by atoms with Crippen molar-refractivity contribution in [3.05, 3.63) is 194 Å². The predicted octanol–water partition coefficient (Wildman–Crippen LogP) is 29.0. The Morgan fingerprint density at radius 1 is 0.235 bits per heavy atom. The highest BCUT2D eigenvalue weighted by Crippen LogP contribution is 2.45. The molecule has 0 rings (SSSR count). The molecular weight excluding hydrogens is 1530 g/mol. The lowest BCUT2D eigenvalue weighted by molar-refractivity contribution is -0.161. The molecule has 0 spiro atoms. The minimum Gasteiger partial charge on any atom is -0.463 e. The standard InChI is InChI=1S/C101H168O16P2/c1-4-7-10-13-16-19-22-25-28-31-33-35-37-39-41-43-45-46-47-48-50-52-53-55-57-59-61-64-66-69-72-75-78-81-84-87-99(104)111-90-96(102)91-113-118(107,108)114-92-97(103)93-115-119(109,110)116-95-98(117-101(106)89-86-83-80-77-74-71-68-63-30-27-24-21-18-15-12-9-6-3)94-112-100(105)88-85-82-79-76-73-70-67-65-62-60-58-56-54-51-49-44-42-40-38-36-34-32-29-26-23-20-17-14-11-8-5-2/h7-12,16-21,25-30,33-36,39-42,45-46,68,71,77,80,96-98,102-103H,4-6,13-15,22-24,31-32,37-38,43-44,47-67,69-70,72-76,78-79,81-95H2,1-3H3,(H,107,108)(H,109,110)/b10-7-,11-8-,12-9-,19-16-,20-17-,21-18-,28-25-,29-26-,30-27-,35-33-,36-34-,41-39-,42-40-,46-45-,71-68-,80-77-. The summed E-state index contributed by atoms with van der Waals surface area (Å²) in [5.41, 5.74) is 0. The summed E-state index contributed by atoms with van der Waals surface area (Å²) in [4.78, 5) is 58.9. The van der Waals surface area contributed by atoms with Crippen molar-refractivity contribution in [3.8, 4) is 0 Å². The van der Waals surface area contributed by atoms with Gasteiger partial charge in [-0.2, -0.15) is 0 Å². The van der Waals surface area contributed by atoms with Crippen molar-refractivity contribution in [2.75, 3.05) is 39.6 Å². The molecule has 0 heterocycles. The Kier molecular flexibility index (Phi) is 87.3. The zero-order valence-corrected chi connectivity index (χ0v) is 76.5. The highest BCUT2D eigenvalue weighted by Gasteiger charge is 2.29. The van der Waals surface area contributed by atoms with Gasteiger partial charge < -0.3 is 34.2 Å². The van der Waals surface area contributed by atoms with E-state index in [2.05, 4.69) is 203 Å². The number of phosphoric ester groups is 2. The molecule has 5 atom stereocenters. The van der Waals surface area contributed by atoms with Gasteiger partial charge in [-0.25, -0.2) is 9.13 Å². The van der Waals surface area contributed by atoms with Crippen LogP contribution in [-0.4, -0.2) is 95.9 Å². The third kappa shape index (κ3) is 92.9. The number of carbonyl (C=O) groups excluding carboxylic acids is 3. The SMILES string of the molecule is CC/C=C\C/C=C\C/C=C\C/C=C\C/C=C\C/C=C\CCCCCCCCCCCCCCCCCCC(=O)OCC(O)COP(=O)(O)OCC(O)COP(=O)(O)OCC(COC(=O)CCCCCCCCCCCCCCCCC/C=C\C/C=C\C/C=C\C/C=C\C/C=C\CC)OC(=O)CCC/C=C\C/C=C\C/C=C\C/C=C\C/C=C\CC. The third-order valence-electron chi connectivity index (χ3n) is 19.3. The number of aliphatic hydroxyl groups excluding tert-OH is 2. The second kappa shape index (κ2) is 91.6. The maximum atomic E-state index is 13.0. The Balaban J connectivity index is 4.50. The molecule has 119 heavy (non-hydrogen) atoms. The molecule has 0 aliphatic heterocycles. The van der Waals surface area contributed by atoms with E-state index in [1.54, 1.807) is 0 Å². The lowest BCUT2D eigenvalue weighted by atomic mass is 10.0. The number of phosphoric acid groups is 2. The van der Waals surface area contributed by atoms with E-state index in [1.165, 1.54) is 154 Å². The van der Waals surface area contributed by atoms with Crippen LogP contribution in [0.3, 0.4) is 0 Å². The Hall–Kier alpha value is -5.61. The molecule has 0 amide bonds. The molecule has 0 bridgehead atoms. The van der Waals surface area contributed by atoms with Gasteiger partial charge in [0, 0.05) is 19.3 Å². The Morgan fingerprint density at radius 3 is 0.689 bits per heavy atom. The van der Waals surface area contributed by atoms with Crippen molar-refractivity contribution in [1.82, 2.24) is 0 Å². The first-order valence-corrected chi connectivity index (χ1v) is 49.7. The van der Waals surface area contributed by atoms with Gasteiger partial charge in [-0.1, -0.05) is 389 Å². The van der Waals surface area contributed by atoms with Crippen LogP contribution < -0.4 is 0 Å². The summed E-state index contributed by atoms with van der Waals surface area (Å²) in [6.45, 7) is 2.30. The molecule has 5 unspecified atom stereocenters. The van der Waals surface area contributed by atoms with Crippen molar-refractivity contribution in [1.29, 1.82) is 0 Å². The van der Waals surface area contributed by atoms with E-state index in [9.17, 15) is 43.5 Å². The van der Waals surface area contributed by atoms with Gasteiger partial charge in [0.1, 0.15) is 25.4 Å². The fourth-order valence-corrected chi connectivity index (χ4v) is 13.9. The number of rotatable bonds is 87. The van der Waals surface area contributed by atoms with E-state index in [0.29, 0.717) is 25.7 Å². The molecular formula is C101H168O16P2. The summed E-state index contributed by atoms with van der Waals surface area (Å²) >= 11 is 0. The van der Waals surface area contributed by atoms with Crippen molar-refractivity contribution in [2.24, 2.45) is 0 Å². The molecule has 0 radical (unpaired) electrons. The average molecular weight is 1700 g/mol. The van der Waals surface area contributed by atoms with Crippen LogP contribution in [0.1, 0.15) is 367 Å². The lowest BCUT2D eigenvalue weighted by Gasteiger charge is -2.21. The zero-order chi connectivity index (χ0) is 86.5. The first-order valence-electron chi connectivity index (χ1n) is 46.7.